The molecule has 0 N–H and O–H groups in total. The Morgan fingerprint density at radius 2 is 1.50 bits per heavy atom. The van der Waals surface area contributed by atoms with Crippen LogP contribution in [0.25, 0.3) is 0 Å². The monoisotopic (exact) mass is 412 g/mol. The zero-order valence-electron chi connectivity index (χ0n) is 16.9. The fourth-order valence-electron chi connectivity index (χ4n) is 5.19. The van der Waals surface area contributed by atoms with Crippen molar-refractivity contribution in [1.82, 2.24) is 0 Å². The van der Waals surface area contributed by atoms with Crippen molar-refractivity contribution in [2.45, 2.75) is 42.9 Å². The van der Waals surface area contributed by atoms with E-state index in [2.05, 4.69) is 26.2 Å². The van der Waals surface area contributed by atoms with E-state index in [-0.39, 0.29) is 34.7 Å². The highest BCUT2D eigenvalue weighted by atomic mass is 19.3. The van der Waals surface area contributed by atoms with E-state index in [1.165, 1.54) is 12.1 Å². The van der Waals surface area contributed by atoms with Crippen LogP contribution < -0.4 is 4.74 Å². The molecule has 30 heavy (non-hydrogen) atoms. The van der Waals surface area contributed by atoms with Crippen molar-refractivity contribution in [2.75, 3.05) is 14.1 Å². The molecule has 3 aliphatic heterocycles. The molecule has 156 valence electrons. The number of quaternary nitrogens is 1. The topological polar surface area (TPSA) is 35.5 Å². The fourth-order valence-corrected chi connectivity index (χ4v) is 5.19. The SMILES string of the molecule is C[N+]1(C)C2C=CC1CC(OC(=O)C1(C(F)F)c3ccccc3Oc3ccccc31)C2. The molecule has 1 fully saturated rings. The van der Waals surface area contributed by atoms with Crippen LogP contribution in [-0.4, -0.2) is 49.2 Å². The van der Waals surface area contributed by atoms with Crippen LogP contribution in [0, 0.1) is 0 Å². The van der Waals surface area contributed by atoms with E-state index in [9.17, 15) is 13.6 Å². The van der Waals surface area contributed by atoms with E-state index in [1.54, 1.807) is 36.4 Å². The average Bonchev–Trinajstić information content (AvgIpc) is 2.88. The number of benzene rings is 2. The molecule has 6 heteroatoms. The van der Waals surface area contributed by atoms with Gasteiger partial charge in [-0.15, -0.1) is 0 Å². The Morgan fingerprint density at radius 1 is 1.00 bits per heavy atom. The van der Waals surface area contributed by atoms with Crippen LogP contribution >= 0.6 is 0 Å². The molecular weight excluding hydrogens is 388 g/mol. The normalized spacial score (nSPS) is 27.2. The van der Waals surface area contributed by atoms with Gasteiger partial charge in [-0.2, -0.15) is 0 Å². The number of hydrogen-bond donors (Lipinski definition) is 0. The first-order valence-corrected chi connectivity index (χ1v) is 10.2. The second-order valence-electron chi connectivity index (χ2n) is 8.85. The lowest BCUT2D eigenvalue weighted by molar-refractivity contribution is -0.926. The van der Waals surface area contributed by atoms with Gasteiger partial charge in [0, 0.05) is 24.0 Å². The summed E-state index contributed by atoms with van der Waals surface area (Å²) in [5, 5.41) is 0. The lowest BCUT2D eigenvalue weighted by atomic mass is 9.72. The van der Waals surface area contributed by atoms with Gasteiger partial charge in [-0.3, -0.25) is 4.79 Å². The Bertz CT molecular complexity index is 969. The third-order valence-electron chi connectivity index (χ3n) is 7.04. The van der Waals surface area contributed by atoms with Crippen LogP contribution in [0.2, 0.25) is 0 Å². The average molecular weight is 412 g/mol. The van der Waals surface area contributed by atoms with Crippen LogP contribution in [0.4, 0.5) is 8.78 Å². The highest BCUT2D eigenvalue weighted by Crippen LogP contribution is 2.52. The van der Waals surface area contributed by atoms with Crippen LogP contribution in [0.15, 0.2) is 60.7 Å². The number of ether oxygens (including phenoxy) is 2. The summed E-state index contributed by atoms with van der Waals surface area (Å²) >= 11 is 0. The number of nitrogens with zero attached hydrogens (tertiary/aromatic N) is 1. The maximum absolute atomic E-state index is 14.9. The smallest absolute Gasteiger partial charge is 0.327 e. The number of hydrogen-bond acceptors (Lipinski definition) is 3. The molecule has 2 unspecified atom stereocenters. The molecule has 2 aromatic rings. The highest BCUT2D eigenvalue weighted by molar-refractivity contribution is 5.91. The molecule has 2 aromatic carbocycles. The van der Waals surface area contributed by atoms with Crippen LogP contribution in [0.5, 0.6) is 11.5 Å². The van der Waals surface area contributed by atoms with Gasteiger partial charge in [-0.1, -0.05) is 36.4 Å². The van der Waals surface area contributed by atoms with Crippen molar-refractivity contribution >= 4 is 5.97 Å². The summed E-state index contributed by atoms with van der Waals surface area (Å²) in [5.74, 6) is -0.384. The van der Waals surface area contributed by atoms with Crippen molar-refractivity contribution < 1.29 is 27.5 Å². The zero-order valence-corrected chi connectivity index (χ0v) is 16.9. The predicted molar refractivity (Wildman–Crippen MR) is 108 cm³/mol. The maximum atomic E-state index is 14.9. The number of fused-ring (bicyclic) bond motifs is 4. The summed E-state index contributed by atoms with van der Waals surface area (Å²) in [6.45, 7) is 0. The lowest BCUT2D eigenvalue weighted by Crippen LogP contribution is -2.57. The number of alkyl halides is 2. The Hall–Kier alpha value is -2.73. The number of para-hydroxylation sites is 2. The van der Waals surface area contributed by atoms with Crippen molar-refractivity contribution in [3.05, 3.63) is 71.8 Å². The molecule has 2 bridgehead atoms. The van der Waals surface area contributed by atoms with Crippen molar-refractivity contribution in [1.29, 1.82) is 0 Å². The highest BCUT2D eigenvalue weighted by Gasteiger charge is 2.58. The van der Waals surface area contributed by atoms with Crippen LogP contribution in [0.3, 0.4) is 0 Å². The third kappa shape index (κ3) is 2.56. The molecule has 0 aliphatic carbocycles. The first-order chi connectivity index (χ1) is 14.3. The molecule has 3 heterocycles. The van der Waals surface area contributed by atoms with Gasteiger partial charge in [-0.05, 0) is 24.3 Å². The second kappa shape index (κ2) is 6.64. The molecule has 1 saturated heterocycles. The molecule has 4 nitrogen and oxygen atoms in total. The van der Waals surface area contributed by atoms with E-state index in [4.69, 9.17) is 9.47 Å². The first kappa shape index (κ1) is 19.2. The third-order valence-corrected chi connectivity index (χ3v) is 7.04. The van der Waals surface area contributed by atoms with Gasteiger partial charge in [0.25, 0.3) is 6.43 Å². The molecule has 0 saturated carbocycles. The largest absolute Gasteiger partial charge is 0.461 e. The standard InChI is InChI=1S/C24H24F2NO3/c1-27(2)15-11-12-16(27)14-17(13-15)29-23(28)24(22(25)26)18-7-3-5-9-20(18)30-21-10-6-4-8-19(21)24/h3-12,15-17,22H,13-14H2,1-2H3/q+1. The van der Waals surface area contributed by atoms with Crippen molar-refractivity contribution in [3.8, 4) is 11.5 Å². The summed E-state index contributed by atoms with van der Waals surface area (Å²) in [6, 6.07) is 13.4. The summed E-state index contributed by atoms with van der Waals surface area (Å²) in [4.78, 5) is 13.6. The quantitative estimate of drug-likeness (QED) is 0.425. The van der Waals surface area contributed by atoms with Crippen molar-refractivity contribution in [3.63, 3.8) is 0 Å². The van der Waals surface area contributed by atoms with E-state index in [0.717, 1.165) is 4.48 Å². The lowest BCUT2D eigenvalue weighted by Gasteiger charge is -2.45. The van der Waals surface area contributed by atoms with Gasteiger partial charge in [0.05, 0.1) is 14.1 Å². The Labute approximate surface area is 174 Å². The minimum atomic E-state index is -2.98. The number of halogens is 2. The molecule has 0 spiro atoms. The summed E-state index contributed by atoms with van der Waals surface area (Å²) < 4.78 is 42.2. The van der Waals surface area contributed by atoms with E-state index in [1.807, 2.05) is 0 Å². The van der Waals surface area contributed by atoms with Gasteiger partial charge >= 0.3 is 5.97 Å². The Balaban J connectivity index is 1.55. The number of carbonyl (C=O) groups excluding carboxylic acids is 1. The number of carbonyl (C=O) groups is 1. The van der Waals surface area contributed by atoms with Gasteiger partial charge in [-0.25, -0.2) is 8.78 Å². The molecule has 0 aromatic heterocycles. The number of likely N-dealkylation sites (N-methyl/N-ethyl adjacent to an activating group) is 1. The molecule has 3 aliphatic rings. The zero-order chi connectivity index (χ0) is 21.1. The van der Waals surface area contributed by atoms with Gasteiger partial charge < -0.3 is 14.0 Å². The summed E-state index contributed by atoms with van der Waals surface area (Å²) in [5.41, 5.74) is -1.91. The molecule has 5 rings (SSSR count). The number of piperidine rings is 1. The molecule has 0 radical (unpaired) electrons. The summed E-state index contributed by atoms with van der Waals surface area (Å²) in [6.07, 6.45) is 2.18. The van der Waals surface area contributed by atoms with Crippen LogP contribution in [-0.2, 0) is 14.9 Å². The van der Waals surface area contributed by atoms with Gasteiger partial charge in [0.1, 0.15) is 29.7 Å². The van der Waals surface area contributed by atoms with Gasteiger partial charge in [0.2, 0.25) is 0 Å². The second-order valence-corrected chi connectivity index (χ2v) is 8.85. The Morgan fingerprint density at radius 3 is 2.00 bits per heavy atom. The maximum Gasteiger partial charge on any atom is 0.327 e. The predicted octanol–water partition coefficient (Wildman–Crippen LogP) is 4.43. The Kier molecular flexibility index (Phi) is 4.26. The number of esters is 1. The molecule has 0 amide bonds. The van der Waals surface area contributed by atoms with E-state index >= 15 is 0 Å². The minimum absolute atomic E-state index is 0.150. The minimum Gasteiger partial charge on any atom is -0.461 e. The van der Waals surface area contributed by atoms with Crippen molar-refractivity contribution in [2.24, 2.45) is 0 Å². The summed E-state index contributed by atoms with van der Waals surface area (Å²) in [7, 11) is 4.30. The first-order valence-electron chi connectivity index (χ1n) is 10.2. The van der Waals surface area contributed by atoms with Gasteiger partial charge in [0.15, 0.2) is 5.41 Å². The van der Waals surface area contributed by atoms with Crippen LogP contribution in [0.1, 0.15) is 24.0 Å². The van der Waals surface area contributed by atoms with E-state index in [0.29, 0.717) is 12.8 Å². The fraction of sp³-hybridized carbons (Fsp3) is 0.375. The molecule has 2 atom stereocenters. The number of rotatable bonds is 3. The van der Waals surface area contributed by atoms with E-state index < -0.39 is 23.9 Å². The molecular formula is C24H24F2NO3+.